The Balaban J connectivity index is 1.61. The second-order valence-corrected chi connectivity index (χ2v) is 9.64. The molecule has 28 heavy (non-hydrogen) atoms. The maximum Gasteiger partial charge on any atom is 0.250 e. The predicted molar refractivity (Wildman–Crippen MR) is 106 cm³/mol. The molecule has 0 radical (unpaired) electrons. The van der Waals surface area contributed by atoms with Crippen molar-refractivity contribution < 1.29 is 18.0 Å². The molecular weight excluding hydrogens is 378 g/mol. The van der Waals surface area contributed by atoms with Gasteiger partial charge in [0.15, 0.2) is 0 Å². The first kappa shape index (κ1) is 20.8. The van der Waals surface area contributed by atoms with Crippen LogP contribution in [0.2, 0.25) is 0 Å². The largest absolute Gasteiger partial charge is 0.366 e. The first-order valence-electron chi connectivity index (χ1n) is 10.1. The Morgan fingerprint density at radius 2 is 1.57 bits per heavy atom. The quantitative estimate of drug-likeness (QED) is 0.728. The minimum absolute atomic E-state index is 0.00395. The number of nitrogens with one attached hydrogen (secondary N) is 1. The van der Waals surface area contributed by atoms with Gasteiger partial charge in [-0.3, -0.25) is 9.59 Å². The lowest BCUT2D eigenvalue weighted by Crippen LogP contribution is -2.45. The van der Waals surface area contributed by atoms with Gasteiger partial charge in [0, 0.05) is 25.0 Å². The van der Waals surface area contributed by atoms with Crippen LogP contribution in [0.4, 0.5) is 0 Å². The number of primary amides is 1. The van der Waals surface area contributed by atoms with Crippen LogP contribution in [-0.2, 0) is 14.8 Å². The van der Waals surface area contributed by atoms with E-state index in [2.05, 4.69) is 5.32 Å². The standard InChI is InChI=1S/C20H29N3O4S/c21-19(24)17-9-5-6-10-18(17)28(26,27)23-13-11-15(12-14-23)20(25)22-16-7-3-1-2-4-8-16/h5-6,9-10,15-16H,1-4,7-8,11-14H2,(H2,21,24)(H,22,25). The number of carbonyl (C=O) groups is 2. The second-order valence-electron chi connectivity index (χ2n) is 7.74. The van der Waals surface area contributed by atoms with Crippen LogP contribution in [0.5, 0.6) is 0 Å². The average Bonchev–Trinajstić information content (AvgIpc) is 2.96. The molecular formula is C20H29N3O4S. The number of rotatable bonds is 5. The Morgan fingerprint density at radius 1 is 0.964 bits per heavy atom. The maximum absolute atomic E-state index is 13.0. The van der Waals surface area contributed by atoms with Crippen molar-refractivity contribution in [2.45, 2.75) is 62.3 Å². The summed E-state index contributed by atoms with van der Waals surface area (Å²) in [6.07, 6.45) is 7.80. The summed E-state index contributed by atoms with van der Waals surface area (Å²) in [6, 6.07) is 6.23. The molecule has 1 aromatic rings. The van der Waals surface area contributed by atoms with Crippen LogP contribution in [0.1, 0.15) is 61.7 Å². The molecule has 0 bridgehead atoms. The van der Waals surface area contributed by atoms with E-state index in [1.807, 2.05) is 0 Å². The summed E-state index contributed by atoms with van der Waals surface area (Å²) in [4.78, 5) is 24.1. The highest BCUT2D eigenvalue weighted by atomic mass is 32.2. The van der Waals surface area contributed by atoms with Gasteiger partial charge < -0.3 is 11.1 Å². The fraction of sp³-hybridized carbons (Fsp3) is 0.600. The van der Waals surface area contributed by atoms with Crippen molar-refractivity contribution in [3.05, 3.63) is 29.8 Å². The molecule has 3 rings (SSSR count). The predicted octanol–water partition coefficient (Wildman–Crippen LogP) is 2.03. The van der Waals surface area contributed by atoms with Gasteiger partial charge in [-0.1, -0.05) is 37.8 Å². The zero-order valence-corrected chi connectivity index (χ0v) is 16.9. The molecule has 1 saturated carbocycles. The molecule has 0 aromatic heterocycles. The van der Waals surface area contributed by atoms with E-state index in [-0.39, 0.29) is 41.4 Å². The molecule has 1 aliphatic carbocycles. The molecule has 1 saturated heterocycles. The summed E-state index contributed by atoms with van der Waals surface area (Å²) in [5.74, 6) is -0.889. The van der Waals surface area contributed by atoms with Crippen molar-refractivity contribution in [1.82, 2.24) is 9.62 Å². The summed E-state index contributed by atoms with van der Waals surface area (Å²) < 4.78 is 27.3. The first-order chi connectivity index (χ1) is 13.4. The first-order valence-corrected chi connectivity index (χ1v) is 11.5. The van der Waals surface area contributed by atoms with E-state index < -0.39 is 15.9 Å². The third-order valence-electron chi connectivity index (χ3n) is 5.80. The lowest BCUT2D eigenvalue weighted by atomic mass is 9.96. The Labute approximate surface area is 166 Å². The highest BCUT2D eigenvalue weighted by Gasteiger charge is 2.34. The Morgan fingerprint density at radius 3 is 2.18 bits per heavy atom. The molecule has 3 N–H and O–H groups in total. The number of amides is 2. The van der Waals surface area contributed by atoms with Crippen molar-refractivity contribution in [1.29, 1.82) is 0 Å². The van der Waals surface area contributed by atoms with Crippen LogP contribution in [0.25, 0.3) is 0 Å². The van der Waals surface area contributed by atoms with Gasteiger partial charge in [0.2, 0.25) is 21.8 Å². The summed E-state index contributed by atoms with van der Waals surface area (Å²) in [6.45, 7) is 0.524. The lowest BCUT2D eigenvalue weighted by molar-refractivity contribution is -0.126. The molecule has 8 heteroatoms. The van der Waals surface area contributed by atoms with E-state index in [4.69, 9.17) is 5.73 Å². The Bertz CT molecular complexity index is 808. The number of sulfonamides is 1. The number of hydrogen-bond acceptors (Lipinski definition) is 4. The minimum Gasteiger partial charge on any atom is -0.366 e. The van der Waals surface area contributed by atoms with Crippen molar-refractivity contribution in [2.75, 3.05) is 13.1 Å². The van der Waals surface area contributed by atoms with Crippen LogP contribution in [-0.4, -0.2) is 43.7 Å². The van der Waals surface area contributed by atoms with E-state index >= 15 is 0 Å². The summed E-state index contributed by atoms with van der Waals surface area (Å²) in [7, 11) is -3.82. The average molecular weight is 408 g/mol. The zero-order chi connectivity index (χ0) is 20.1. The fourth-order valence-corrected chi connectivity index (χ4v) is 5.80. The molecule has 1 aliphatic heterocycles. The van der Waals surface area contributed by atoms with Gasteiger partial charge in [0.25, 0.3) is 0 Å². The molecule has 154 valence electrons. The van der Waals surface area contributed by atoms with E-state index in [1.165, 1.54) is 29.3 Å². The van der Waals surface area contributed by atoms with Gasteiger partial charge in [0.05, 0.1) is 10.5 Å². The molecule has 0 unspecified atom stereocenters. The van der Waals surface area contributed by atoms with E-state index in [1.54, 1.807) is 12.1 Å². The fourth-order valence-electron chi connectivity index (χ4n) is 4.14. The van der Waals surface area contributed by atoms with Gasteiger partial charge in [-0.05, 0) is 37.8 Å². The van der Waals surface area contributed by atoms with E-state index in [0.29, 0.717) is 12.8 Å². The molecule has 1 heterocycles. The molecule has 1 aromatic carbocycles. The summed E-state index contributed by atoms with van der Waals surface area (Å²) in [5.41, 5.74) is 5.32. The van der Waals surface area contributed by atoms with Gasteiger partial charge in [0.1, 0.15) is 0 Å². The van der Waals surface area contributed by atoms with Gasteiger partial charge >= 0.3 is 0 Å². The highest BCUT2D eigenvalue weighted by Crippen LogP contribution is 2.26. The van der Waals surface area contributed by atoms with Gasteiger partial charge in [-0.2, -0.15) is 4.31 Å². The number of nitrogens with zero attached hydrogens (tertiary/aromatic N) is 1. The molecule has 0 spiro atoms. The SMILES string of the molecule is NC(=O)c1ccccc1S(=O)(=O)N1CCC(C(=O)NC2CCCCCC2)CC1. The van der Waals surface area contributed by atoms with Crippen LogP contribution >= 0.6 is 0 Å². The van der Waals surface area contributed by atoms with Crippen molar-refractivity contribution in [2.24, 2.45) is 11.7 Å². The molecule has 2 aliphatic rings. The monoisotopic (exact) mass is 407 g/mol. The molecule has 2 amide bonds. The second kappa shape index (κ2) is 9.05. The number of piperidine rings is 1. The van der Waals surface area contributed by atoms with Gasteiger partial charge in [-0.25, -0.2) is 8.42 Å². The highest BCUT2D eigenvalue weighted by molar-refractivity contribution is 7.89. The number of carbonyl (C=O) groups excluding carboxylic acids is 2. The topological polar surface area (TPSA) is 110 Å². The smallest absolute Gasteiger partial charge is 0.250 e. The summed E-state index contributed by atoms with van der Waals surface area (Å²) >= 11 is 0. The van der Waals surface area contributed by atoms with Crippen LogP contribution < -0.4 is 11.1 Å². The molecule has 0 atom stereocenters. The van der Waals surface area contributed by atoms with Crippen LogP contribution in [0.3, 0.4) is 0 Å². The van der Waals surface area contributed by atoms with Crippen LogP contribution in [0, 0.1) is 5.92 Å². The number of hydrogen-bond donors (Lipinski definition) is 2. The lowest BCUT2D eigenvalue weighted by Gasteiger charge is -2.31. The molecule has 7 nitrogen and oxygen atoms in total. The third-order valence-corrected chi connectivity index (χ3v) is 7.75. The van der Waals surface area contributed by atoms with Crippen molar-refractivity contribution in [3.63, 3.8) is 0 Å². The minimum atomic E-state index is -3.82. The van der Waals surface area contributed by atoms with E-state index in [0.717, 1.165) is 25.7 Å². The van der Waals surface area contributed by atoms with Crippen LogP contribution in [0.15, 0.2) is 29.2 Å². The Hall–Kier alpha value is -1.93. The third kappa shape index (κ3) is 4.72. The Kier molecular flexibility index (Phi) is 6.72. The van der Waals surface area contributed by atoms with E-state index in [9.17, 15) is 18.0 Å². The number of benzene rings is 1. The summed E-state index contributed by atoms with van der Waals surface area (Å²) in [5, 5.41) is 3.17. The normalized spacial score (nSPS) is 20.4. The van der Waals surface area contributed by atoms with Crippen molar-refractivity contribution in [3.8, 4) is 0 Å². The zero-order valence-electron chi connectivity index (χ0n) is 16.1. The molecule has 2 fully saturated rings. The maximum atomic E-state index is 13.0. The van der Waals surface area contributed by atoms with Gasteiger partial charge in [-0.15, -0.1) is 0 Å². The van der Waals surface area contributed by atoms with Crippen molar-refractivity contribution >= 4 is 21.8 Å². The number of nitrogens with two attached hydrogens (primary N) is 1.